The molecule has 2 aliphatic carbocycles. The van der Waals surface area contributed by atoms with E-state index in [1.54, 1.807) is 0 Å². The Morgan fingerprint density at radius 2 is 1.95 bits per heavy atom. The van der Waals surface area contributed by atoms with Gasteiger partial charge >= 0.3 is 0 Å². The fourth-order valence-electron chi connectivity index (χ4n) is 4.73. The number of aliphatic hydroxyl groups excluding tert-OH is 1. The highest BCUT2D eigenvalue weighted by molar-refractivity contribution is 5.02. The normalized spacial score (nSPS) is 42.9. The highest BCUT2D eigenvalue weighted by atomic mass is 16.3. The minimum absolute atomic E-state index is 0.0262. The van der Waals surface area contributed by atoms with E-state index in [0.29, 0.717) is 6.61 Å². The van der Waals surface area contributed by atoms with Crippen molar-refractivity contribution >= 4 is 0 Å². The predicted octanol–water partition coefficient (Wildman–Crippen LogP) is 2.00. The summed E-state index contributed by atoms with van der Waals surface area (Å²) in [5.74, 6) is 1.99. The Kier molecular flexibility index (Phi) is 4.16. The highest BCUT2D eigenvalue weighted by Gasteiger charge is 2.44. The van der Waals surface area contributed by atoms with Crippen LogP contribution in [0.1, 0.15) is 51.9 Å². The molecule has 3 fully saturated rings. The fraction of sp³-hybridized carbons (Fsp3) is 1.00. The van der Waals surface area contributed by atoms with Crippen LogP contribution in [-0.2, 0) is 0 Å². The molecule has 0 aromatic rings. The van der Waals surface area contributed by atoms with Gasteiger partial charge in [-0.05, 0) is 56.9 Å². The van der Waals surface area contributed by atoms with Gasteiger partial charge in [0.2, 0.25) is 0 Å². The van der Waals surface area contributed by atoms with Crippen molar-refractivity contribution in [2.24, 2.45) is 11.8 Å². The van der Waals surface area contributed by atoms with E-state index in [9.17, 15) is 5.11 Å². The molecule has 1 saturated heterocycles. The third-order valence-electron chi connectivity index (χ3n) is 5.91. The number of nitrogens with one attached hydrogen (secondary N) is 1. The van der Waals surface area contributed by atoms with Crippen molar-refractivity contribution in [3.63, 3.8) is 0 Å². The lowest BCUT2D eigenvalue weighted by Crippen LogP contribution is -2.48. The van der Waals surface area contributed by atoms with E-state index in [1.807, 2.05) is 0 Å². The molecule has 4 unspecified atom stereocenters. The van der Waals surface area contributed by atoms with E-state index in [1.165, 1.54) is 38.8 Å². The second-order valence-corrected chi connectivity index (χ2v) is 7.17. The Labute approximate surface area is 117 Å². The maximum Gasteiger partial charge on any atom is 0.0613 e. The molecule has 2 saturated carbocycles. The minimum Gasteiger partial charge on any atom is -0.394 e. The van der Waals surface area contributed by atoms with Gasteiger partial charge in [0.25, 0.3) is 0 Å². The molecule has 1 aliphatic heterocycles. The lowest BCUT2D eigenvalue weighted by atomic mass is 9.98. The summed E-state index contributed by atoms with van der Waals surface area (Å²) in [5, 5.41) is 13.4. The second kappa shape index (κ2) is 5.71. The predicted molar refractivity (Wildman–Crippen MR) is 78.2 cm³/mol. The zero-order chi connectivity index (χ0) is 13.3. The van der Waals surface area contributed by atoms with Crippen LogP contribution in [0.25, 0.3) is 0 Å². The molecule has 0 aromatic carbocycles. The van der Waals surface area contributed by atoms with Crippen molar-refractivity contribution in [1.29, 1.82) is 0 Å². The molecule has 2 N–H and O–H groups in total. The lowest BCUT2D eigenvalue weighted by Gasteiger charge is -2.31. The van der Waals surface area contributed by atoms with Crippen LogP contribution in [0.15, 0.2) is 0 Å². The molecule has 3 rings (SSSR count). The summed E-state index contributed by atoms with van der Waals surface area (Å²) in [4.78, 5) is 2.75. The van der Waals surface area contributed by atoms with Crippen molar-refractivity contribution in [2.45, 2.75) is 63.5 Å². The largest absolute Gasteiger partial charge is 0.394 e. The van der Waals surface area contributed by atoms with Gasteiger partial charge in [0, 0.05) is 24.7 Å². The Bertz CT molecular complexity index is 297. The van der Waals surface area contributed by atoms with Crippen molar-refractivity contribution in [3.05, 3.63) is 0 Å². The van der Waals surface area contributed by atoms with Gasteiger partial charge in [0.05, 0.1) is 6.61 Å². The van der Waals surface area contributed by atoms with Gasteiger partial charge in [0.15, 0.2) is 0 Å². The van der Waals surface area contributed by atoms with E-state index in [2.05, 4.69) is 17.1 Å². The van der Waals surface area contributed by atoms with Crippen LogP contribution < -0.4 is 5.32 Å². The Hall–Kier alpha value is -0.120. The summed E-state index contributed by atoms with van der Waals surface area (Å²) in [7, 11) is 0. The van der Waals surface area contributed by atoms with Gasteiger partial charge in [-0.2, -0.15) is 0 Å². The van der Waals surface area contributed by atoms with Crippen LogP contribution in [0.5, 0.6) is 0 Å². The number of aliphatic hydroxyl groups is 1. The molecule has 19 heavy (non-hydrogen) atoms. The Balaban J connectivity index is 1.56. The second-order valence-electron chi connectivity index (χ2n) is 7.17. The minimum atomic E-state index is 0.0262. The summed E-state index contributed by atoms with van der Waals surface area (Å²) in [6.45, 7) is 6.23. The first-order chi connectivity index (χ1) is 9.26. The SMILES string of the molecule is CCCNC1(CO)CCC(N2CC3CCCC3C2)C1. The summed E-state index contributed by atoms with van der Waals surface area (Å²) in [5.41, 5.74) is 0.0262. The van der Waals surface area contributed by atoms with Gasteiger partial charge in [0.1, 0.15) is 0 Å². The van der Waals surface area contributed by atoms with Gasteiger partial charge < -0.3 is 10.4 Å². The molecule has 0 spiro atoms. The molecule has 1 heterocycles. The van der Waals surface area contributed by atoms with Crippen LogP contribution in [0, 0.1) is 11.8 Å². The topological polar surface area (TPSA) is 35.5 Å². The van der Waals surface area contributed by atoms with Gasteiger partial charge in [-0.25, -0.2) is 0 Å². The first kappa shape index (κ1) is 13.8. The van der Waals surface area contributed by atoms with Crippen molar-refractivity contribution in [1.82, 2.24) is 10.2 Å². The van der Waals surface area contributed by atoms with Crippen LogP contribution in [0.2, 0.25) is 0 Å². The maximum atomic E-state index is 9.78. The molecule has 4 atom stereocenters. The quantitative estimate of drug-likeness (QED) is 0.799. The van der Waals surface area contributed by atoms with Crippen molar-refractivity contribution < 1.29 is 5.11 Å². The molecular formula is C16H30N2O. The standard InChI is InChI=1S/C16H30N2O/c1-2-8-17-16(12-19)7-6-15(9-16)18-10-13-4-3-5-14(13)11-18/h13-15,17,19H,2-12H2,1H3. The molecular weight excluding hydrogens is 236 g/mol. The lowest BCUT2D eigenvalue weighted by molar-refractivity contribution is 0.148. The monoisotopic (exact) mass is 266 g/mol. The highest BCUT2D eigenvalue weighted by Crippen LogP contribution is 2.42. The Morgan fingerprint density at radius 3 is 2.58 bits per heavy atom. The van der Waals surface area contributed by atoms with Crippen LogP contribution in [0.3, 0.4) is 0 Å². The Morgan fingerprint density at radius 1 is 1.21 bits per heavy atom. The summed E-state index contributed by atoms with van der Waals surface area (Å²) >= 11 is 0. The third-order valence-corrected chi connectivity index (χ3v) is 5.91. The van der Waals surface area contributed by atoms with Crippen molar-refractivity contribution in [3.8, 4) is 0 Å². The van der Waals surface area contributed by atoms with E-state index in [4.69, 9.17) is 0 Å². The van der Waals surface area contributed by atoms with E-state index in [0.717, 1.165) is 43.7 Å². The number of rotatable bonds is 5. The zero-order valence-electron chi connectivity index (χ0n) is 12.4. The molecule has 3 heteroatoms. The van der Waals surface area contributed by atoms with E-state index in [-0.39, 0.29) is 5.54 Å². The molecule has 3 nitrogen and oxygen atoms in total. The smallest absolute Gasteiger partial charge is 0.0613 e. The van der Waals surface area contributed by atoms with E-state index >= 15 is 0 Å². The molecule has 0 aromatic heterocycles. The average molecular weight is 266 g/mol. The molecule has 0 amide bonds. The third kappa shape index (κ3) is 2.70. The van der Waals surface area contributed by atoms with Gasteiger partial charge in [-0.1, -0.05) is 13.3 Å². The van der Waals surface area contributed by atoms with Crippen LogP contribution in [-0.4, -0.2) is 47.8 Å². The van der Waals surface area contributed by atoms with Gasteiger partial charge in [-0.15, -0.1) is 0 Å². The molecule has 110 valence electrons. The zero-order valence-corrected chi connectivity index (χ0v) is 12.4. The van der Waals surface area contributed by atoms with Crippen molar-refractivity contribution in [2.75, 3.05) is 26.2 Å². The molecule has 0 bridgehead atoms. The molecule has 3 aliphatic rings. The number of hydrogen-bond acceptors (Lipinski definition) is 3. The summed E-state index contributed by atoms with van der Waals surface area (Å²) < 4.78 is 0. The number of likely N-dealkylation sites (tertiary alicyclic amines) is 1. The summed E-state index contributed by atoms with van der Waals surface area (Å²) in [6.07, 6.45) is 9.13. The molecule has 0 radical (unpaired) electrons. The number of nitrogens with zero attached hydrogens (tertiary/aromatic N) is 1. The number of fused-ring (bicyclic) bond motifs is 1. The van der Waals surface area contributed by atoms with E-state index < -0.39 is 0 Å². The van der Waals surface area contributed by atoms with Crippen LogP contribution in [0.4, 0.5) is 0 Å². The average Bonchev–Trinajstić information content (AvgIpc) is 3.10. The van der Waals surface area contributed by atoms with Crippen LogP contribution >= 0.6 is 0 Å². The first-order valence-corrected chi connectivity index (χ1v) is 8.36. The fourth-order valence-corrected chi connectivity index (χ4v) is 4.73. The maximum absolute atomic E-state index is 9.78. The summed E-state index contributed by atoms with van der Waals surface area (Å²) in [6, 6.07) is 0.724. The first-order valence-electron chi connectivity index (χ1n) is 8.36. The number of hydrogen-bond donors (Lipinski definition) is 2. The van der Waals surface area contributed by atoms with Gasteiger partial charge in [-0.3, -0.25) is 4.90 Å².